The predicted octanol–water partition coefficient (Wildman–Crippen LogP) is 4.10. The van der Waals surface area contributed by atoms with Gasteiger partial charge in [-0.3, -0.25) is 0 Å². The second kappa shape index (κ2) is 10.2. The zero-order valence-electron chi connectivity index (χ0n) is 14.1. The van der Waals surface area contributed by atoms with Crippen LogP contribution < -0.4 is 10.6 Å². The fraction of sp³-hybridized carbons (Fsp3) is 0.278. The molecule has 1 unspecified atom stereocenters. The molecule has 0 aliphatic carbocycles. The van der Waals surface area contributed by atoms with E-state index in [9.17, 15) is 13.9 Å². The van der Waals surface area contributed by atoms with Crippen LogP contribution in [0, 0.1) is 11.6 Å². The standard InChI is InChI=1S/C18H21F2N3O.HI/c1-3-21-18(22-11-13-4-7-15(24)8-5-13)23-12(2)14-6-9-16(19)17(20)10-14;/h4-10,12,24H,3,11H2,1-2H3,(H2,21,22,23);1H. The number of nitrogens with one attached hydrogen (secondary N) is 2. The molecule has 0 aliphatic rings. The monoisotopic (exact) mass is 461 g/mol. The van der Waals surface area contributed by atoms with Gasteiger partial charge in [0.25, 0.3) is 0 Å². The van der Waals surface area contributed by atoms with Gasteiger partial charge in [-0.15, -0.1) is 24.0 Å². The summed E-state index contributed by atoms with van der Waals surface area (Å²) >= 11 is 0. The molecule has 2 aromatic rings. The Labute approximate surface area is 163 Å². The molecule has 0 amide bonds. The van der Waals surface area contributed by atoms with Crippen molar-refractivity contribution in [3.8, 4) is 5.75 Å². The number of hydrogen-bond acceptors (Lipinski definition) is 2. The Bertz CT molecular complexity index is 708. The fourth-order valence-electron chi connectivity index (χ4n) is 2.16. The summed E-state index contributed by atoms with van der Waals surface area (Å²) in [5.74, 6) is -0.950. The summed E-state index contributed by atoms with van der Waals surface area (Å²) in [6.07, 6.45) is 0. The maximum atomic E-state index is 13.4. The van der Waals surface area contributed by atoms with Crippen LogP contribution >= 0.6 is 24.0 Å². The van der Waals surface area contributed by atoms with Crippen molar-refractivity contribution < 1.29 is 13.9 Å². The van der Waals surface area contributed by atoms with Crippen LogP contribution in [0.3, 0.4) is 0 Å². The molecule has 0 radical (unpaired) electrons. The number of guanidine groups is 1. The van der Waals surface area contributed by atoms with Crippen molar-refractivity contribution >= 4 is 29.9 Å². The number of aromatic hydroxyl groups is 1. The van der Waals surface area contributed by atoms with Gasteiger partial charge < -0.3 is 15.7 Å². The fourth-order valence-corrected chi connectivity index (χ4v) is 2.16. The molecule has 0 saturated carbocycles. The van der Waals surface area contributed by atoms with E-state index in [0.29, 0.717) is 24.6 Å². The summed E-state index contributed by atoms with van der Waals surface area (Å²) in [4.78, 5) is 4.46. The van der Waals surface area contributed by atoms with Gasteiger partial charge in [0.2, 0.25) is 0 Å². The average molecular weight is 461 g/mol. The Morgan fingerprint density at radius 3 is 2.40 bits per heavy atom. The highest BCUT2D eigenvalue weighted by molar-refractivity contribution is 14.0. The van der Waals surface area contributed by atoms with Crippen molar-refractivity contribution in [2.24, 2.45) is 4.99 Å². The Morgan fingerprint density at radius 2 is 1.80 bits per heavy atom. The lowest BCUT2D eigenvalue weighted by molar-refractivity contribution is 0.475. The molecule has 0 spiro atoms. The lowest BCUT2D eigenvalue weighted by Crippen LogP contribution is -2.38. The quantitative estimate of drug-likeness (QED) is 0.357. The number of aliphatic imine (C=N–C) groups is 1. The topological polar surface area (TPSA) is 56.7 Å². The van der Waals surface area contributed by atoms with Crippen LogP contribution in [0.2, 0.25) is 0 Å². The van der Waals surface area contributed by atoms with E-state index >= 15 is 0 Å². The van der Waals surface area contributed by atoms with E-state index in [1.54, 1.807) is 30.3 Å². The first-order valence-electron chi connectivity index (χ1n) is 7.77. The lowest BCUT2D eigenvalue weighted by atomic mass is 10.1. The van der Waals surface area contributed by atoms with Gasteiger partial charge in [0.15, 0.2) is 17.6 Å². The highest BCUT2D eigenvalue weighted by Crippen LogP contribution is 2.16. The summed E-state index contributed by atoms with van der Waals surface area (Å²) in [5.41, 5.74) is 1.58. The molecule has 2 aromatic carbocycles. The molecule has 136 valence electrons. The first-order valence-corrected chi connectivity index (χ1v) is 7.77. The van der Waals surface area contributed by atoms with Crippen molar-refractivity contribution in [2.75, 3.05) is 6.54 Å². The third kappa shape index (κ3) is 6.49. The Morgan fingerprint density at radius 1 is 1.12 bits per heavy atom. The molecule has 4 nitrogen and oxygen atoms in total. The summed E-state index contributed by atoms with van der Waals surface area (Å²) in [6.45, 7) is 4.89. The van der Waals surface area contributed by atoms with Crippen LogP contribution in [0.4, 0.5) is 8.78 Å². The Kier molecular flexibility index (Phi) is 8.60. The van der Waals surface area contributed by atoms with Gasteiger partial charge in [-0.1, -0.05) is 18.2 Å². The third-order valence-corrected chi connectivity index (χ3v) is 3.50. The van der Waals surface area contributed by atoms with Gasteiger partial charge in [0.1, 0.15) is 5.75 Å². The van der Waals surface area contributed by atoms with Crippen molar-refractivity contribution in [2.45, 2.75) is 26.4 Å². The molecule has 1 atom stereocenters. The molecule has 7 heteroatoms. The summed E-state index contributed by atoms with van der Waals surface area (Å²) < 4.78 is 26.4. The molecule has 0 aromatic heterocycles. The molecule has 0 bridgehead atoms. The first-order chi connectivity index (χ1) is 11.5. The van der Waals surface area contributed by atoms with Crippen molar-refractivity contribution in [1.82, 2.24) is 10.6 Å². The van der Waals surface area contributed by atoms with Gasteiger partial charge in [-0.05, 0) is 49.2 Å². The third-order valence-electron chi connectivity index (χ3n) is 3.50. The van der Waals surface area contributed by atoms with Gasteiger partial charge >= 0.3 is 0 Å². The van der Waals surface area contributed by atoms with E-state index in [1.807, 2.05) is 13.8 Å². The van der Waals surface area contributed by atoms with Gasteiger partial charge in [-0.2, -0.15) is 0 Å². The molecular formula is C18H22F2IN3O. The highest BCUT2D eigenvalue weighted by atomic mass is 127. The van der Waals surface area contributed by atoms with Crippen LogP contribution in [0.25, 0.3) is 0 Å². The number of rotatable bonds is 5. The van der Waals surface area contributed by atoms with Gasteiger partial charge in [-0.25, -0.2) is 13.8 Å². The number of benzene rings is 2. The zero-order chi connectivity index (χ0) is 17.5. The van der Waals surface area contributed by atoms with Gasteiger partial charge in [0.05, 0.1) is 12.6 Å². The molecular weight excluding hydrogens is 439 g/mol. The molecule has 3 N–H and O–H groups in total. The number of halogens is 3. The highest BCUT2D eigenvalue weighted by Gasteiger charge is 2.10. The van der Waals surface area contributed by atoms with Crippen LogP contribution in [0.5, 0.6) is 5.75 Å². The van der Waals surface area contributed by atoms with E-state index in [2.05, 4.69) is 15.6 Å². The molecule has 0 saturated heterocycles. The van der Waals surface area contributed by atoms with E-state index in [0.717, 1.165) is 11.6 Å². The summed E-state index contributed by atoms with van der Waals surface area (Å²) in [6, 6.07) is 10.4. The minimum Gasteiger partial charge on any atom is -0.508 e. The number of hydrogen-bond donors (Lipinski definition) is 3. The van der Waals surface area contributed by atoms with E-state index in [1.165, 1.54) is 6.07 Å². The van der Waals surface area contributed by atoms with Crippen molar-refractivity contribution in [1.29, 1.82) is 0 Å². The van der Waals surface area contributed by atoms with Crippen LogP contribution in [0.1, 0.15) is 31.0 Å². The largest absolute Gasteiger partial charge is 0.508 e. The number of phenolic OH excluding ortho intramolecular Hbond substituents is 1. The zero-order valence-corrected chi connectivity index (χ0v) is 16.4. The van der Waals surface area contributed by atoms with Crippen LogP contribution in [-0.2, 0) is 6.54 Å². The minimum atomic E-state index is -0.868. The van der Waals surface area contributed by atoms with Crippen LogP contribution in [0.15, 0.2) is 47.5 Å². The van der Waals surface area contributed by atoms with Crippen molar-refractivity contribution in [3.05, 3.63) is 65.2 Å². The number of phenols is 1. The second-order valence-corrected chi connectivity index (χ2v) is 5.40. The van der Waals surface area contributed by atoms with Gasteiger partial charge in [0, 0.05) is 6.54 Å². The Balaban J connectivity index is 0.00000312. The molecule has 0 heterocycles. The van der Waals surface area contributed by atoms with E-state index in [-0.39, 0.29) is 35.8 Å². The SMILES string of the molecule is CCNC(=NCc1ccc(O)cc1)NC(C)c1ccc(F)c(F)c1.I. The van der Waals surface area contributed by atoms with E-state index in [4.69, 9.17) is 0 Å². The molecule has 0 aliphatic heterocycles. The van der Waals surface area contributed by atoms with Crippen molar-refractivity contribution in [3.63, 3.8) is 0 Å². The summed E-state index contributed by atoms with van der Waals surface area (Å²) in [5, 5.41) is 15.6. The summed E-state index contributed by atoms with van der Waals surface area (Å²) in [7, 11) is 0. The molecule has 25 heavy (non-hydrogen) atoms. The second-order valence-electron chi connectivity index (χ2n) is 5.40. The maximum absolute atomic E-state index is 13.4. The Hall–Kier alpha value is -1.90. The minimum absolute atomic E-state index is 0. The lowest BCUT2D eigenvalue weighted by Gasteiger charge is -2.18. The smallest absolute Gasteiger partial charge is 0.192 e. The molecule has 2 rings (SSSR count). The molecule has 0 fully saturated rings. The number of nitrogens with zero attached hydrogens (tertiary/aromatic N) is 1. The maximum Gasteiger partial charge on any atom is 0.192 e. The predicted molar refractivity (Wildman–Crippen MR) is 106 cm³/mol. The average Bonchev–Trinajstić information content (AvgIpc) is 2.56. The normalized spacial score (nSPS) is 12.2. The van der Waals surface area contributed by atoms with Crippen LogP contribution in [-0.4, -0.2) is 17.6 Å². The van der Waals surface area contributed by atoms with E-state index < -0.39 is 11.6 Å². The first kappa shape index (κ1) is 21.1.